The highest BCUT2D eigenvalue weighted by Gasteiger charge is 2.50. The zero-order valence-electron chi connectivity index (χ0n) is 19.7. The Balaban J connectivity index is 1.36. The lowest BCUT2D eigenvalue weighted by atomic mass is 9.57. The van der Waals surface area contributed by atoms with Crippen LogP contribution in [0.2, 0.25) is 0 Å². The van der Waals surface area contributed by atoms with Gasteiger partial charge in [0.15, 0.2) is 5.69 Å². The van der Waals surface area contributed by atoms with Gasteiger partial charge in [-0.1, -0.05) is 62.2 Å². The first kappa shape index (κ1) is 23.3. The number of rotatable bonds is 8. The minimum Gasteiger partial charge on any atom is -0.494 e. The Morgan fingerprint density at radius 2 is 1.82 bits per heavy atom. The van der Waals surface area contributed by atoms with Crippen LogP contribution in [-0.2, 0) is 5.41 Å². The van der Waals surface area contributed by atoms with Gasteiger partial charge < -0.3 is 9.64 Å². The molecule has 0 bridgehead atoms. The van der Waals surface area contributed by atoms with Gasteiger partial charge in [-0.15, -0.1) is 0 Å². The molecule has 4 nitrogen and oxygen atoms in total. The van der Waals surface area contributed by atoms with Crippen LogP contribution in [0.1, 0.15) is 51.0 Å². The molecule has 2 fully saturated rings. The second kappa shape index (κ2) is 10.9. The number of likely N-dealkylation sites (tertiary alicyclic amines) is 1. The average Bonchev–Trinajstić information content (AvgIpc) is 3.40. The van der Waals surface area contributed by atoms with Crippen LogP contribution in [0.3, 0.4) is 0 Å². The summed E-state index contributed by atoms with van der Waals surface area (Å²) in [5.41, 5.74) is 1.52. The van der Waals surface area contributed by atoms with Crippen LogP contribution in [0, 0.1) is 35.7 Å². The standard InChI is InChI=1S/C29H35N3O/c1-23-21-32(18-8-20-33-27-15-13-26(31-2)14-16-27)19-17-28(23)29(22-30,25-11-6-7-12-25)24-9-4-3-5-10-24/h3-5,9-10,13-16,23,25,28H,6-8,11-12,17-21H2,1H3. The van der Waals surface area contributed by atoms with Crippen molar-refractivity contribution in [2.45, 2.75) is 50.9 Å². The molecule has 2 aromatic carbocycles. The molecule has 1 saturated carbocycles. The molecule has 0 radical (unpaired) electrons. The lowest BCUT2D eigenvalue weighted by Crippen LogP contribution is -2.50. The maximum absolute atomic E-state index is 10.6. The summed E-state index contributed by atoms with van der Waals surface area (Å²) >= 11 is 0. The van der Waals surface area contributed by atoms with E-state index in [1.165, 1.54) is 31.2 Å². The van der Waals surface area contributed by atoms with Crippen molar-refractivity contribution < 1.29 is 4.74 Å². The smallest absolute Gasteiger partial charge is 0.187 e. The van der Waals surface area contributed by atoms with Gasteiger partial charge in [0.1, 0.15) is 5.75 Å². The summed E-state index contributed by atoms with van der Waals surface area (Å²) in [5, 5.41) is 10.6. The SMILES string of the molecule is [C-]#[N+]c1ccc(OCCCN2CCC(C(C#N)(c3ccccc3)C3CCCC3)C(C)C2)cc1. The second-order valence-electron chi connectivity index (χ2n) is 9.81. The van der Waals surface area contributed by atoms with E-state index >= 15 is 0 Å². The molecule has 3 atom stereocenters. The van der Waals surface area contributed by atoms with Crippen molar-refractivity contribution in [1.82, 2.24) is 4.90 Å². The van der Waals surface area contributed by atoms with Crippen molar-refractivity contribution in [3.05, 3.63) is 71.6 Å². The maximum Gasteiger partial charge on any atom is 0.187 e. The van der Waals surface area contributed by atoms with Crippen LogP contribution in [0.15, 0.2) is 54.6 Å². The number of nitriles is 1. The van der Waals surface area contributed by atoms with Gasteiger partial charge in [0.05, 0.1) is 24.7 Å². The minimum atomic E-state index is -0.357. The zero-order valence-corrected chi connectivity index (χ0v) is 19.7. The molecule has 1 saturated heterocycles. The number of hydrogen-bond acceptors (Lipinski definition) is 3. The normalized spacial score (nSPS) is 23.4. The Labute approximate surface area is 199 Å². The maximum atomic E-state index is 10.6. The summed E-state index contributed by atoms with van der Waals surface area (Å²) in [4.78, 5) is 5.97. The van der Waals surface area contributed by atoms with E-state index in [4.69, 9.17) is 11.3 Å². The second-order valence-corrected chi connectivity index (χ2v) is 9.81. The van der Waals surface area contributed by atoms with Gasteiger partial charge >= 0.3 is 0 Å². The van der Waals surface area contributed by atoms with E-state index < -0.39 is 0 Å². The van der Waals surface area contributed by atoms with Gasteiger partial charge in [-0.05, 0) is 67.7 Å². The lowest BCUT2D eigenvalue weighted by Gasteiger charge is -2.48. The molecule has 0 aromatic heterocycles. The van der Waals surface area contributed by atoms with Crippen molar-refractivity contribution in [2.24, 2.45) is 17.8 Å². The van der Waals surface area contributed by atoms with Crippen molar-refractivity contribution in [2.75, 3.05) is 26.2 Å². The van der Waals surface area contributed by atoms with Crippen LogP contribution < -0.4 is 4.74 Å². The van der Waals surface area contributed by atoms with Gasteiger partial charge in [-0.25, -0.2) is 4.85 Å². The van der Waals surface area contributed by atoms with E-state index in [0.29, 0.717) is 30.0 Å². The highest BCUT2D eigenvalue weighted by molar-refractivity contribution is 5.47. The predicted octanol–water partition coefficient (Wildman–Crippen LogP) is 6.62. The van der Waals surface area contributed by atoms with Crippen LogP contribution >= 0.6 is 0 Å². The molecule has 1 heterocycles. The Kier molecular flexibility index (Phi) is 7.69. The van der Waals surface area contributed by atoms with E-state index in [0.717, 1.165) is 38.2 Å². The molecule has 33 heavy (non-hydrogen) atoms. The summed E-state index contributed by atoms with van der Waals surface area (Å²) in [6, 6.07) is 20.9. The highest BCUT2D eigenvalue weighted by Crippen LogP contribution is 2.51. The zero-order chi connectivity index (χ0) is 23.1. The van der Waals surface area contributed by atoms with Crippen molar-refractivity contribution in [3.8, 4) is 11.8 Å². The number of hydrogen-bond donors (Lipinski definition) is 0. The third kappa shape index (κ3) is 5.07. The topological polar surface area (TPSA) is 40.6 Å². The molecule has 172 valence electrons. The van der Waals surface area contributed by atoms with Crippen LogP contribution in [0.5, 0.6) is 5.75 Å². The molecule has 1 aliphatic heterocycles. The quantitative estimate of drug-likeness (QED) is 0.342. The van der Waals surface area contributed by atoms with Crippen LogP contribution in [0.4, 0.5) is 5.69 Å². The van der Waals surface area contributed by atoms with Crippen molar-refractivity contribution in [1.29, 1.82) is 5.26 Å². The van der Waals surface area contributed by atoms with Crippen molar-refractivity contribution in [3.63, 3.8) is 0 Å². The van der Waals surface area contributed by atoms with Gasteiger partial charge in [-0.3, -0.25) is 0 Å². The molecule has 0 N–H and O–H groups in total. The first-order valence-electron chi connectivity index (χ1n) is 12.5. The summed E-state index contributed by atoms with van der Waals surface area (Å²) in [7, 11) is 0. The Bertz CT molecular complexity index is 969. The number of benzene rings is 2. The number of ether oxygens (including phenoxy) is 1. The minimum absolute atomic E-state index is 0.357. The first-order chi connectivity index (χ1) is 16.2. The Morgan fingerprint density at radius 1 is 1.09 bits per heavy atom. The number of nitrogens with zero attached hydrogens (tertiary/aromatic N) is 3. The van der Waals surface area contributed by atoms with Gasteiger partial charge in [-0.2, -0.15) is 5.26 Å². The van der Waals surface area contributed by atoms with E-state index in [-0.39, 0.29) is 5.41 Å². The summed E-state index contributed by atoms with van der Waals surface area (Å²) < 4.78 is 5.87. The van der Waals surface area contributed by atoms with E-state index in [1.807, 2.05) is 12.1 Å². The molecular weight excluding hydrogens is 406 g/mol. The first-order valence-corrected chi connectivity index (χ1v) is 12.5. The van der Waals surface area contributed by atoms with Gasteiger partial charge in [0, 0.05) is 13.1 Å². The molecule has 4 heteroatoms. The average molecular weight is 442 g/mol. The summed E-state index contributed by atoms with van der Waals surface area (Å²) in [6.45, 7) is 13.2. The fraction of sp³-hybridized carbons (Fsp3) is 0.517. The summed E-state index contributed by atoms with van der Waals surface area (Å²) in [5.74, 6) is 2.20. The molecule has 4 rings (SSSR count). The molecule has 0 amide bonds. The highest BCUT2D eigenvalue weighted by atomic mass is 16.5. The van der Waals surface area contributed by atoms with E-state index in [9.17, 15) is 5.26 Å². The van der Waals surface area contributed by atoms with E-state index in [1.54, 1.807) is 12.1 Å². The lowest BCUT2D eigenvalue weighted by molar-refractivity contribution is 0.0661. The van der Waals surface area contributed by atoms with Crippen LogP contribution in [0.25, 0.3) is 4.85 Å². The third-order valence-corrected chi connectivity index (χ3v) is 7.86. The largest absolute Gasteiger partial charge is 0.494 e. The van der Waals surface area contributed by atoms with Crippen molar-refractivity contribution >= 4 is 5.69 Å². The number of piperidine rings is 1. The molecule has 2 aromatic rings. The van der Waals surface area contributed by atoms with Gasteiger partial charge in [0.2, 0.25) is 0 Å². The Morgan fingerprint density at radius 3 is 2.45 bits per heavy atom. The fourth-order valence-corrected chi connectivity index (χ4v) is 6.29. The van der Waals surface area contributed by atoms with Crippen LogP contribution in [-0.4, -0.2) is 31.1 Å². The molecule has 0 spiro atoms. The van der Waals surface area contributed by atoms with E-state index in [2.05, 4.69) is 53.1 Å². The monoisotopic (exact) mass is 441 g/mol. The molecule has 2 aliphatic rings. The third-order valence-electron chi connectivity index (χ3n) is 7.86. The summed E-state index contributed by atoms with van der Waals surface area (Å²) in [6.07, 6.45) is 6.95. The molecular formula is C29H35N3O. The Hall–Kier alpha value is -2.82. The predicted molar refractivity (Wildman–Crippen MR) is 132 cm³/mol. The van der Waals surface area contributed by atoms with Gasteiger partial charge in [0.25, 0.3) is 0 Å². The molecule has 1 aliphatic carbocycles. The fourth-order valence-electron chi connectivity index (χ4n) is 6.29. The molecule has 3 unspecified atom stereocenters.